The predicted octanol–water partition coefficient (Wildman–Crippen LogP) is 4.32. The molecule has 1 amide bonds. The Balaban J connectivity index is 2.43. The molecule has 2 aromatic rings. The maximum atomic E-state index is 14.1. The summed E-state index contributed by atoms with van der Waals surface area (Å²) in [6, 6.07) is 8.48. The van der Waals surface area contributed by atoms with E-state index in [0.29, 0.717) is 10.0 Å². The van der Waals surface area contributed by atoms with Gasteiger partial charge in [-0.05, 0) is 36.4 Å². The quantitative estimate of drug-likeness (QED) is 0.544. The summed E-state index contributed by atoms with van der Waals surface area (Å²) in [6.07, 6.45) is 1.52. The molecule has 0 heterocycles. The molecule has 2 rings (SSSR count). The van der Waals surface area contributed by atoms with Crippen molar-refractivity contribution in [1.29, 1.82) is 0 Å². The van der Waals surface area contributed by atoms with Gasteiger partial charge in [0, 0.05) is 42.8 Å². The summed E-state index contributed by atoms with van der Waals surface area (Å²) in [5.41, 5.74) is 0.446. The number of hydrogen-bond acceptors (Lipinski definition) is 3. The monoisotopic (exact) mass is 488 g/mol. The number of carbonyl (C=O) groups is 1. The zero-order chi connectivity index (χ0) is 21.1. The lowest BCUT2D eigenvalue weighted by Crippen LogP contribution is -2.31. The molecule has 2 aromatic carbocycles. The zero-order valence-corrected chi connectivity index (χ0v) is 18.5. The second-order valence-electron chi connectivity index (χ2n) is 6.14. The van der Waals surface area contributed by atoms with Crippen molar-refractivity contribution in [2.75, 3.05) is 20.6 Å². The molecule has 0 bridgehead atoms. The van der Waals surface area contributed by atoms with E-state index < -0.39 is 21.7 Å². The van der Waals surface area contributed by atoms with Gasteiger partial charge in [0.2, 0.25) is 10.0 Å². The van der Waals surface area contributed by atoms with Gasteiger partial charge in [-0.3, -0.25) is 4.79 Å². The van der Waals surface area contributed by atoms with E-state index in [0.717, 1.165) is 4.31 Å². The topological polar surface area (TPSA) is 57.7 Å². The molecule has 5 nitrogen and oxygen atoms in total. The molecule has 0 unspecified atom stereocenters. The van der Waals surface area contributed by atoms with Crippen LogP contribution in [0.3, 0.4) is 0 Å². The molecule has 0 saturated heterocycles. The van der Waals surface area contributed by atoms with Gasteiger partial charge < -0.3 is 4.90 Å². The van der Waals surface area contributed by atoms with Gasteiger partial charge in [-0.2, -0.15) is 0 Å². The third kappa shape index (κ3) is 5.00. The Labute approximate surface area is 177 Å². The number of nitrogens with zero attached hydrogens (tertiary/aromatic N) is 2. The van der Waals surface area contributed by atoms with Gasteiger partial charge in [0.05, 0.1) is 5.02 Å². The fourth-order valence-corrected chi connectivity index (χ4v) is 4.26. The van der Waals surface area contributed by atoms with Crippen LogP contribution in [0.5, 0.6) is 0 Å². The first-order valence-corrected chi connectivity index (χ1v) is 10.7. The first kappa shape index (κ1) is 22.5. The van der Waals surface area contributed by atoms with Crippen LogP contribution in [0, 0.1) is 5.82 Å². The lowest BCUT2D eigenvalue weighted by molar-refractivity contribution is 0.0761. The van der Waals surface area contributed by atoms with Gasteiger partial charge in [0.1, 0.15) is 10.7 Å². The number of sulfonamides is 1. The van der Waals surface area contributed by atoms with Crippen molar-refractivity contribution in [3.05, 3.63) is 75.5 Å². The van der Waals surface area contributed by atoms with Gasteiger partial charge in [-0.15, -0.1) is 6.58 Å². The number of rotatable bonds is 7. The maximum Gasteiger partial charge on any atom is 0.254 e. The average Bonchev–Trinajstić information content (AvgIpc) is 2.63. The Morgan fingerprint density at radius 2 is 1.93 bits per heavy atom. The Morgan fingerprint density at radius 1 is 1.25 bits per heavy atom. The van der Waals surface area contributed by atoms with E-state index in [4.69, 9.17) is 11.6 Å². The predicted molar refractivity (Wildman–Crippen MR) is 111 cm³/mol. The van der Waals surface area contributed by atoms with E-state index >= 15 is 0 Å². The number of benzene rings is 2. The van der Waals surface area contributed by atoms with E-state index in [9.17, 15) is 17.6 Å². The van der Waals surface area contributed by atoms with Crippen molar-refractivity contribution >= 4 is 43.5 Å². The summed E-state index contributed by atoms with van der Waals surface area (Å²) in [5.74, 6) is -0.914. The van der Waals surface area contributed by atoms with E-state index in [1.165, 1.54) is 49.3 Å². The molecule has 0 aromatic heterocycles. The molecular formula is C19H19BrClFN2O3S. The lowest BCUT2D eigenvalue weighted by atomic mass is 10.1. The van der Waals surface area contributed by atoms with Crippen molar-refractivity contribution in [2.24, 2.45) is 0 Å². The maximum absolute atomic E-state index is 14.1. The van der Waals surface area contributed by atoms with Crippen molar-refractivity contribution in [3.8, 4) is 0 Å². The molecule has 0 saturated carbocycles. The van der Waals surface area contributed by atoms with Crippen molar-refractivity contribution in [2.45, 2.75) is 11.4 Å². The first-order chi connectivity index (χ1) is 13.1. The van der Waals surface area contributed by atoms with Crippen molar-refractivity contribution in [3.63, 3.8) is 0 Å². The molecule has 0 spiro atoms. The van der Waals surface area contributed by atoms with Crippen LogP contribution in [0.2, 0.25) is 5.02 Å². The summed E-state index contributed by atoms with van der Waals surface area (Å²) in [5, 5.41) is 0.0126. The Morgan fingerprint density at radius 3 is 2.54 bits per heavy atom. The van der Waals surface area contributed by atoms with Crippen LogP contribution in [0.4, 0.5) is 4.39 Å². The highest BCUT2D eigenvalue weighted by molar-refractivity contribution is 9.10. The summed E-state index contributed by atoms with van der Waals surface area (Å²) in [4.78, 5) is 14.2. The number of halogens is 3. The minimum atomic E-state index is -3.83. The normalized spacial score (nSPS) is 11.5. The summed E-state index contributed by atoms with van der Waals surface area (Å²) in [6.45, 7) is 3.78. The van der Waals surface area contributed by atoms with Gasteiger partial charge in [-0.25, -0.2) is 17.1 Å². The van der Waals surface area contributed by atoms with Crippen LogP contribution in [0.25, 0.3) is 0 Å². The lowest BCUT2D eigenvalue weighted by Gasteiger charge is -2.22. The van der Waals surface area contributed by atoms with Crippen LogP contribution in [-0.2, 0) is 16.6 Å². The Hall–Kier alpha value is -1.74. The molecule has 0 aliphatic carbocycles. The fourth-order valence-electron chi connectivity index (χ4n) is 2.46. The highest BCUT2D eigenvalue weighted by atomic mass is 79.9. The van der Waals surface area contributed by atoms with Crippen LogP contribution in [-0.4, -0.2) is 44.2 Å². The molecule has 0 radical (unpaired) electrons. The number of carbonyl (C=O) groups excluding carboxylic acids is 1. The van der Waals surface area contributed by atoms with Crippen molar-refractivity contribution in [1.82, 2.24) is 9.21 Å². The van der Waals surface area contributed by atoms with Gasteiger partial charge >= 0.3 is 0 Å². The van der Waals surface area contributed by atoms with E-state index in [1.54, 1.807) is 12.1 Å². The van der Waals surface area contributed by atoms with Gasteiger partial charge in [0.15, 0.2) is 0 Å². The summed E-state index contributed by atoms with van der Waals surface area (Å²) < 4.78 is 40.7. The van der Waals surface area contributed by atoms with Crippen LogP contribution in [0.1, 0.15) is 15.9 Å². The molecule has 0 aliphatic rings. The highest BCUT2D eigenvalue weighted by Gasteiger charge is 2.24. The fraction of sp³-hybridized carbons (Fsp3) is 0.211. The minimum Gasteiger partial charge on any atom is -0.330 e. The first-order valence-electron chi connectivity index (χ1n) is 8.14. The molecule has 150 valence electrons. The zero-order valence-electron chi connectivity index (χ0n) is 15.3. The second-order valence-corrected chi connectivity index (χ2v) is 9.59. The second kappa shape index (κ2) is 9.17. The molecule has 28 heavy (non-hydrogen) atoms. The summed E-state index contributed by atoms with van der Waals surface area (Å²) >= 11 is 9.32. The third-order valence-electron chi connectivity index (χ3n) is 3.94. The Bertz CT molecular complexity index is 1010. The molecule has 0 N–H and O–H groups in total. The van der Waals surface area contributed by atoms with Gasteiger partial charge in [0.25, 0.3) is 5.91 Å². The van der Waals surface area contributed by atoms with E-state index in [-0.39, 0.29) is 28.6 Å². The Kier molecular flexibility index (Phi) is 7.39. The largest absolute Gasteiger partial charge is 0.330 e. The molecule has 9 heteroatoms. The molecule has 0 aliphatic heterocycles. The molecule has 0 atom stereocenters. The SMILES string of the molecule is C=CCN(Cc1cc(Br)ccc1F)C(=O)c1ccc(Cl)c(S(=O)(=O)N(C)C)c1. The van der Waals surface area contributed by atoms with Crippen LogP contribution < -0.4 is 0 Å². The third-order valence-corrected chi connectivity index (χ3v) is 6.73. The van der Waals surface area contributed by atoms with Crippen LogP contribution >= 0.6 is 27.5 Å². The molecule has 0 fully saturated rings. The van der Waals surface area contributed by atoms with E-state index in [2.05, 4.69) is 22.5 Å². The minimum absolute atomic E-state index is 0.00544. The van der Waals surface area contributed by atoms with Crippen LogP contribution in [0.15, 0.2) is 58.4 Å². The standard InChI is InChI=1S/C19H19BrClFN2O3S/c1-4-9-24(12-14-10-15(20)6-8-17(14)22)19(25)13-5-7-16(21)18(11-13)28(26,27)23(2)3/h4-8,10-11H,1,9,12H2,2-3H3. The van der Waals surface area contributed by atoms with Gasteiger partial charge in [-0.1, -0.05) is 33.6 Å². The number of amides is 1. The van der Waals surface area contributed by atoms with E-state index in [1.807, 2.05) is 0 Å². The van der Waals surface area contributed by atoms with Crippen molar-refractivity contribution < 1.29 is 17.6 Å². The molecular weight excluding hydrogens is 471 g/mol. The smallest absolute Gasteiger partial charge is 0.254 e. The highest BCUT2D eigenvalue weighted by Crippen LogP contribution is 2.26. The number of hydrogen-bond donors (Lipinski definition) is 0. The summed E-state index contributed by atoms with van der Waals surface area (Å²) in [7, 11) is -1.08. The average molecular weight is 490 g/mol.